The maximum atomic E-state index is 12.6. The van der Waals surface area contributed by atoms with Crippen LogP contribution in [0.2, 0.25) is 0 Å². The van der Waals surface area contributed by atoms with Crippen LogP contribution in [0, 0.1) is 0 Å². The molecule has 0 aromatic rings. The van der Waals surface area contributed by atoms with Crippen molar-refractivity contribution in [2.75, 3.05) is 26.4 Å². The first-order chi connectivity index (χ1) is 28.7. The number of ether oxygens (including phenoxy) is 2. The van der Waals surface area contributed by atoms with Crippen LogP contribution in [0.25, 0.3) is 0 Å². The molecule has 0 saturated carbocycles. The molecule has 0 aliphatic heterocycles. The number of unbranched alkanes of at least 4 members (excludes halogenated alkanes) is 1. The molecule has 0 radical (unpaired) electrons. The van der Waals surface area contributed by atoms with E-state index in [0.717, 1.165) is 70.6 Å². The summed E-state index contributed by atoms with van der Waals surface area (Å²) in [6, 6.07) is 0. The van der Waals surface area contributed by atoms with Crippen molar-refractivity contribution < 1.29 is 47.8 Å². The molecule has 330 valence electrons. The van der Waals surface area contributed by atoms with Gasteiger partial charge in [-0.2, -0.15) is 0 Å². The zero-order chi connectivity index (χ0) is 43.3. The predicted molar refractivity (Wildman–Crippen MR) is 241 cm³/mol. The predicted octanol–water partition coefficient (Wildman–Crippen LogP) is 11.3. The van der Waals surface area contributed by atoms with Crippen LogP contribution in [-0.2, 0) is 32.7 Å². The molecular formula is C48H73O10P. The molecule has 0 amide bonds. The van der Waals surface area contributed by atoms with Gasteiger partial charge >= 0.3 is 19.8 Å². The van der Waals surface area contributed by atoms with Gasteiger partial charge in [-0.05, 0) is 89.9 Å². The number of hydrogen-bond acceptors (Lipinski definition) is 9. The second-order valence-electron chi connectivity index (χ2n) is 13.2. The third-order valence-electron chi connectivity index (χ3n) is 7.81. The normalized spacial score (nSPS) is 15.1. The lowest BCUT2D eigenvalue weighted by molar-refractivity contribution is -0.161. The summed E-state index contributed by atoms with van der Waals surface area (Å²) >= 11 is 0. The number of carbonyl (C=O) groups is 2. The van der Waals surface area contributed by atoms with Crippen LogP contribution in [0.3, 0.4) is 0 Å². The van der Waals surface area contributed by atoms with Gasteiger partial charge in [0.15, 0.2) is 6.10 Å². The standard InChI is InChI=1S/C48H73O10P/c1-3-5-7-9-11-13-15-17-19-21-22-24-25-27-29-31-33-35-37-39-47(51)55-43-46(44-57-59(53,54)56-42-45(50)41-49)58-48(52)40-38-36-34-32-30-28-26-23-20-18-16-14-12-10-8-6-4-2/h5-8,11-14,17-20,22,24,26-29,32-35,45-46,49-50H,3-4,9-10,15-16,21,23,25,30-31,36-44H2,1-2H3,(H,53,54)/b7-5+,8-6+,13-11+,14-12+,19-17+,20-18+,24-22+,28-26+,29-27+,34-32+,35-33+/t45-,46+/m0/s1. The van der Waals surface area contributed by atoms with E-state index in [9.17, 15) is 24.2 Å². The summed E-state index contributed by atoms with van der Waals surface area (Å²) < 4.78 is 32.5. The topological polar surface area (TPSA) is 149 Å². The Bertz CT molecular complexity index is 1430. The highest BCUT2D eigenvalue weighted by Gasteiger charge is 2.27. The van der Waals surface area contributed by atoms with E-state index in [4.69, 9.17) is 19.1 Å². The van der Waals surface area contributed by atoms with Gasteiger partial charge in [0.1, 0.15) is 12.7 Å². The number of aliphatic hydroxyl groups excluding tert-OH is 2. The Labute approximate surface area is 355 Å². The SMILES string of the molecule is CC/C=C/C/C=C/C/C=C/C/C=C/C/C=C/C/C=C/CCC(=O)OC[C@H](COP(=O)(O)OC[C@@H](O)CO)OC(=O)CCC/C=C/C/C=C/C/C=C/C/C=C/C/C=C/CC. The summed E-state index contributed by atoms with van der Waals surface area (Å²) in [7, 11) is -4.66. The Morgan fingerprint density at radius 1 is 0.508 bits per heavy atom. The summed E-state index contributed by atoms with van der Waals surface area (Å²) in [5.41, 5.74) is 0. The zero-order valence-electron chi connectivity index (χ0n) is 35.6. The molecule has 0 spiro atoms. The molecule has 0 fully saturated rings. The highest BCUT2D eigenvalue weighted by atomic mass is 31.2. The molecule has 59 heavy (non-hydrogen) atoms. The Hall–Kier alpha value is -3.89. The van der Waals surface area contributed by atoms with Crippen LogP contribution < -0.4 is 0 Å². The summed E-state index contributed by atoms with van der Waals surface area (Å²) in [4.78, 5) is 34.9. The minimum Gasteiger partial charge on any atom is -0.462 e. The maximum absolute atomic E-state index is 12.6. The fourth-order valence-electron chi connectivity index (χ4n) is 4.64. The van der Waals surface area contributed by atoms with Crippen LogP contribution in [0.5, 0.6) is 0 Å². The van der Waals surface area contributed by atoms with E-state index in [1.54, 1.807) is 0 Å². The van der Waals surface area contributed by atoms with Gasteiger partial charge in [0.25, 0.3) is 0 Å². The molecule has 3 N–H and O–H groups in total. The molecule has 3 atom stereocenters. The van der Waals surface area contributed by atoms with Gasteiger partial charge in [-0.1, -0.05) is 148 Å². The van der Waals surface area contributed by atoms with Crippen LogP contribution in [0.1, 0.15) is 117 Å². The lowest BCUT2D eigenvalue weighted by atomic mass is 10.2. The lowest BCUT2D eigenvalue weighted by Crippen LogP contribution is -2.29. The molecule has 1 unspecified atom stereocenters. The Morgan fingerprint density at radius 3 is 1.29 bits per heavy atom. The van der Waals surface area contributed by atoms with Gasteiger partial charge < -0.3 is 24.6 Å². The highest BCUT2D eigenvalue weighted by molar-refractivity contribution is 7.47. The smallest absolute Gasteiger partial charge is 0.462 e. The molecule has 0 aliphatic rings. The van der Waals surface area contributed by atoms with Gasteiger partial charge in [0.05, 0.1) is 19.8 Å². The number of allylic oxidation sites excluding steroid dienone is 22. The quantitative estimate of drug-likeness (QED) is 0.0239. The second kappa shape index (κ2) is 42.2. The van der Waals surface area contributed by atoms with Gasteiger partial charge in [-0.15, -0.1) is 0 Å². The number of hydrogen-bond donors (Lipinski definition) is 3. The van der Waals surface area contributed by atoms with E-state index in [-0.39, 0.29) is 19.4 Å². The Kier molecular flexibility index (Phi) is 39.5. The van der Waals surface area contributed by atoms with E-state index in [2.05, 4.69) is 128 Å². The molecular weight excluding hydrogens is 767 g/mol. The van der Waals surface area contributed by atoms with Gasteiger partial charge in [-0.3, -0.25) is 18.6 Å². The molecule has 0 saturated heterocycles. The number of esters is 2. The van der Waals surface area contributed by atoms with Gasteiger partial charge in [0.2, 0.25) is 0 Å². The van der Waals surface area contributed by atoms with Crippen molar-refractivity contribution in [1.29, 1.82) is 0 Å². The van der Waals surface area contributed by atoms with Gasteiger partial charge in [0, 0.05) is 12.8 Å². The average Bonchev–Trinajstić information content (AvgIpc) is 3.22. The molecule has 0 aromatic heterocycles. The number of aliphatic hydroxyl groups is 2. The number of rotatable bonds is 37. The molecule has 10 nitrogen and oxygen atoms in total. The molecule has 0 heterocycles. The largest absolute Gasteiger partial charge is 0.472 e. The monoisotopic (exact) mass is 840 g/mol. The molecule has 0 aromatic carbocycles. The first kappa shape index (κ1) is 55.1. The highest BCUT2D eigenvalue weighted by Crippen LogP contribution is 2.43. The lowest BCUT2D eigenvalue weighted by Gasteiger charge is -2.20. The van der Waals surface area contributed by atoms with Crippen LogP contribution in [-0.4, -0.2) is 65.7 Å². The second-order valence-corrected chi connectivity index (χ2v) is 14.7. The third-order valence-corrected chi connectivity index (χ3v) is 8.76. The summed E-state index contributed by atoms with van der Waals surface area (Å²) in [6.45, 7) is 1.96. The van der Waals surface area contributed by atoms with E-state index in [1.165, 1.54) is 0 Å². The van der Waals surface area contributed by atoms with Crippen LogP contribution >= 0.6 is 7.82 Å². The van der Waals surface area contributed by atoms with Crippen LogP contribution in [0.15, 0.2) is 134 Å². The van der Waals surface area contributed by atoms with E-state index < -0.39 is 51.8 Å². The Balaban J connectivity index is 4.56. The summed E-state index contributed by atoms with van der Waals surface area (Å²) in [6.07, 6.45) is 55.8. The third kappa shape index (κ3) is 42.1. The number of phosphoric acid groups is 1. The number of phosphoric ester groups is 1. The van der Waals surface area contributed by atoms with Crippen molar-refractivity contribution in [2.24, 2.45) is 0 Å². The fourth-order valence-corrected chi connectivity index (χ4v) is 5.43. The van der Waals surface area contributed by atoms with Crippen molar-refractivity contribution in [3.05, 3.63) is 134 Å². The summed E-state index contributed by atoms with van der Waals surface area (Å²) in [5, 5.41) is 18.3. The van der Waals surface area contributed by atoms with Crippen molar-refractivity contribution in [1.82, 2.24) is 0 Å². The minimum atomic E-state index is -4.66. The van der Waals surface area contributed by atoms with E-state index in [0.29, 0.717) is 19.3 Å². The van der Waals surface area contributed by atoms with Crippen LogP contribution in [0.4, 0.5) is 0 Å². The zero-order valence-corrected chi connectivity index (χ0v) is 36.5. The van der Waals surface area contributed by atoms with E-state index >= 15 is 0 Å². The first-order valence-electron chi connectivity index (χ1n) is 21.1. The molecule has 0 aliphatic carbocycles. The van der Waals surface area contributed by atoms with Crippen molar-refractivity contribution >= 4 is 19.8 Å². The average molecular weight is 841 g/mol. The maximum Gasteiger partial charge on any atom is 0.472 e. The number of carbonyl (C=O) groups excluding carboxylic acids is 2. The van der Waals surface area contributed by atoms with Crippen molar-refractivity contribution in [3.8, 4) is 0 Å². The van der Waals surface area contributed by atoms with Gasteiger partial charge in [-0.25, -0.2) is 4.57 Å². The van der Waals surface area contributed by atoms with Crippen molar-refractivity contribution in [2.45, 2.75) is 129 Å². The first-order valence-corrected chi connectivity index (χ1v) is 22.6. The molecule has 0 rings (SSSR count). The van der Waals surface area contributed by atoms with Crippen molar-refractivity contribution in [3.63, 3.8) is 0 Å². The van der Waals surface area contributed by atoms with E-state index in [1.807, 2.05) is 24.3 Å². The Morgan fingerprint density at radius 2 is 0.881 bits per heavy atom. The molecule has 0 bridgehead atoms. The minimum absolute atomic E-state index is 0.0808. The molecule has 11 heteroatoms. The fraction of sp³-hybridized carbons (Fsp3) is 0.500. The summed E-state index contributed by atoms with van der Waals surface area (Å²) in [5.74, 6) is -1.11.